The van der Waals surface area contributed by atoms with Crippen LogP contribution in [0.1, 0.15) is 5.56 Å². The quantitative estimate of drug-likeness (QED) is 0.860. The molecule has 0 atom stereocenters. The molecule has 0 heterocycles. The van der Waals surface area contributed by atoms with Gasteiger partial charge in [-0.05, 0) is 17.7 Å². The molecule has 21 heavy (non-hydrogen) atoms. The zero-order valence-corrected chi connectivity index (χ0v) is 12.8. The van der Waals surface area contributed by atoms with Gasteiger partial charge in [-0.1, -0.05) is 30.3 Å². The minimum atomic E-state index is -3.36. The number of rotatable bonds is 5. The number of hydrogen-bond donors (Lipinski definition) is 1. The predicted octanol–water partition coefficient (Wildman–Crippen LogP) is 2.24. The van der Waals surface area contributed by atoms with Crippen LogP contribution in [0.2, 0.25) is 0 Å². The molecule has 2 aromatic carbocycles. The Morgan fingerprint density at radius 1 is 1.14 bits per heavy atom. The van der Waals surface area contributed by atoms with Crippen molar-refractivity contribution in [3.8, 4) is 5.75 Å². The van der Waals surface area contributed by atoms with E-state index in [0.717, 1.165) is 11.8 Å². The van der Waals surface area contributed by atoms with E-state index in [2.05, 4.69) is 0 Å². The molecule has 0 saturated carbocycles. The van der Waals surface area contributed by atoms with Gasteiger partial charge in [0.25, 0.3) is 0 Å². The summed E-state index contributed by atoms with van der Waals surface area (Å²) in [4.78, 5) is 0. The number of benzene rings is 2. The van der Waals surface area contributed by atoms with Crippen LogP contribution in [0.15, 0.2) is 48.5 Å². The number of nitrogens with zero attached hydrogens (tertiary/aromatic N) is 1. The highest BCUT2D eigenvalue weighted by atomic mass is 32.2. The van der Waals surface area contributed by atoms with E-state index in [4.69, 9.17) is 10.5 Å². The second kappa shape index (κ2) is 6.05. The molecule has 0 aliphatic rings. The summed E-state index contributed by atoms with van der Waals surface area (Å²) in [7, 11) is -1.88. The van der Waals surface area contributed by atoms with Crippen molar-refractivity contribution in [1.82, 2.24) is 0 Å². The summed E-state index contributed by atoms with van der Waals surface area (Å²) >= 11 is 0. The Bertz CT molecular complexity index is 715. The fraction of sp³-hybridized carbons (Fsp3) is 0.200. The predicted molar refractivity (Wildman–Crippen MR) is 84.9 cm³/mol. The third-order valence-electron chi connectivity index (χ3n) is 3.06. The summed E-state index contributed by atoms with van der Waals surface area (Å²) in [6.45, 7) is 0.342. The summed E-state index contributed by atoms with van der Waals surface area (Å²) < 4.78 is 30.3. The first-order chi connectivity index (χ1) is 9.88. The maximum atomic E-state index is 11.7. The summed E-state index contributed by atoms with van der Waals surface area (Å²) in [5.41, 5.74) is 7.73. The van der Waals surface area contributed by atoms with Gasteiger partial charge in [0.15, 0.2) is 0 Å². The highest BCUT2D eigenvalue weighted by molar-refractivity contribution is 7.92. The first kappa shape index (κ1) is 15.2. The zero-order chi connectivity index (χ0) is 15.5. The molecule has 0 aliphatic heterocycles. The number of hydrogen-bond acceptors (Lipinski definition) is 4. The molecule has 6 heteroatoms. The van der Waals surface area contributed by atoms with Gasteiger partial charge in [-0.15, -0.1) is 0 Å². The van der Waals surface area contributed by atoms with Crippen molar-refractivity contribution in [2.75, 3.05) is 23.3 Å². The van der Waals surface area contributed by atoms with E-state index in [9.17, 15) is 8.42 Å². The van der Waals surface area contributed by atoms with Crippen molar-refractivity contribution < 1.29 is 13.2 Å². The van der Waals surface area contributed by atoms with E-state index in [1.165, 1.54) is 11.4 Å². The molecule has 0 unspecified atom stereocenters. The standard InChI is InChI=1S/C15H18N2O3S/c1-17(21(2,18)19)14-9-8-13(16)10-15(14)20-11-12-6-4-3-5-7-12/h3-10H,11,16H2,1-2H3. The first-order valence-electron chi connectivity index (χ1n) is 6.38. The highest BCUT2D eigenvalue weighted by Gasteiger charge is 2.17. The van der Waals surface area contributed by atoms with Gasteiger partial charge in [-0.2, -0.15) is 0 Å². The fourth-order valence-electron chi connectivity index (χ4n) is 1.82. The number of nitrogen functional groups attached to an aromatic ring is 1. The largest absolute Gasteiger partial charge is 0.487 e. The molecule has 0 aromatic heterocycles. The Morgan fingerprint density at radius 2 is 1.81 bits per heavy atom. The third-order valence-corrected chi connectivity index (χ3v) is 4.25. The van der Waals surface area contributed by atoms with Gasteiger partial charge in [-0.3, -0.25) is 4.31 Å². The molecule has 2 rings (SSSR count). The minimum Gasteiger partial charge on any atom is -0.487 e. The minimum absolute atomic E-state index is 0.342. The van der Waals surface area contributed by atoms with Crippen LogP contribution in [-0.2, 0) is 16.6 Å². The summed E-state index contributed by atoms with van der Waals surface area (Å²) in [5.74, 6) is 0.437. The molecule has 0 fully saturated rings. The molecule has 0 radical (unpaired) electrons. The monoisotopic (exact) mass is 306 g/mol. The third kappa shape index (κ3) is 3.88. The molecule has 0 aliphatic carbocycles. The molecule has 0 spiro atoms. The number of sulfonamides is 1. The van der Waals surface area contributed by atoms with E-state index in [-0.39, 0.29) is 0 Å². The molecule has 112 valence electrons. The molecule has 0 bridgehead atoms. The van der Waals surface area contributed by atoms with Crippen LogP contribution in [0.25, 0.3) is 0 Å². The van der Waals surface area contributed by atoms with Gasteiger partial charge in [-0.25, -0.2) is 8.42 Å². The average Bonchev–Trinajstić information content (AvgIpc) is 2.45. The molecule has 5 nitrogen and oxygen atoms in total. The summed E-state index contributed by atoms with van der Waals surface area (Å²) in [5, 5.41) is 0. The van der Waals surface area contributed by atoms with Gasteiger partial charge in [0.1, 0.15) is 12.4 Å². The summed E-state index contributed by atoms with van der Waals surface area (Å²) in [6.07, 6.45) is 1.14. The maximum Gasteiger partial charge on any atom is 0.232 e. The SMILES string of the molecule is CN(c1ccc(N)cc1OCc1ccccc1)S(C)(=O)=O. The van der Waals surface area contributed by atoms with Crippen molar-refractivity contribution in [1.29, 1.82) is 0 Å². The fourth-order valence-corrected chi connectivity index (χ4v) is 2.33. The normalized spacial score (nSPS) is 11.1. The van der Waals surface area contributed by atoms with Gasteiger partial charge in [0.2, 0.25) is 10.0 Å². The topological polar surface area (TPSA) is 72.6 Å². The molecule has 0 amide bonds. The zero-order valence-electron chi connectivity index (χ0n) is 12.0. The molecule has 2 aromatic rings. The first-order valence-corrected chi connectivity index (χ1v) is 8.23. The lowest BCUT2D eigenvalue weighted by Gasteiger charge is -2.20. The van der Waals surface area contributed by atoms with Crippen molar-refractivity contribution in [3.63, 3.8) is 0 Å². The Kier molecular flexibility index (Phi) is 4.37. The van der Waals surface area contributed by atoms with Crippen molar-refractivity contribution in [2.24, 2.45) is 0 Å². The maximum absolute atomic E-state index is 11.7. The van der Waals surface area contributed by atoms with Crippen LogP contribution in [0.4, 0.5) is 11.4 Å². The number of anilines is 2. The smallest absolute Gasteiger partial charge is 0.232 e. The lowest BCUT2D eigenvalue weighted by atomic mass is 10.2. The highest BCUT2D eigenvalue weighted by Crippen LogP contribution is 2.31. The van der Waals surface area contributed by atoms with Crippen LogP contribution < -0.4 is 14.8 Å². The van der Waals surface area contributed by atoms with E-state index in [1.807, 2.05) is 30.3 Å². The Morgan fingerprint density at radius 3 is 2.43 bits per heavy atom. The van der Waals surface area contributed by atoms with E-state index < -0.39 is 10.0 Å². The van der Waals surface area contributed by atoms with E-state index >= 15 is 0 Å². The second-order valence-electron chi connectivity index (χ2n) is 4.73. The Balaban J connectivity index is 2.28. The van der Waals surface area contributed by atoms with Gasteiger partial charge < -0.3 is 10.5 Å². The molecular formula is C15H18N2O3S. The van der Waals surface area contributed by atoms with Crippen molar-refractivity contribution in [2.45, 2.75) is 6.61 Å². The second-order valence-corrected chi connectivity index (χ2v) is 6.75. The molecule has 2 N–H and O–H groups in total. The van der Waals surface area contributed by atoms with Crippen LogP contribution in [0.5, 0.6) is 5.75 Å². The van der Waals surface area contributed by atoms with Gasteiger partial charge >= 0.3 is 0 Å². The lowest BCUT2D eigenvalue weighted by molar-refractivity contribution is 0.307. The Labute approximate surface area is 125 Å². The van der Waals surface area contributed by atoms with Crippen molar-refractivity contribution in [3.05, 3.63) is 54.1 Å². The Hall–Kier alpha value is -2.21. The number of nitrogens with two attached hydrogens (primary N) is 1. The molecule has 0 saturated heterocycles. The number of ether oxygens (including phenoxy) is 1. The average molecular weight is 306 g/mol. The van der Waals surface area contributed by atoms with Crippen LogP contribution in [0, 0.1) is 0 Å². The van der Waals surface area contributed by atoms with Crippen LogP contribution >= 0.6 is 0 Å². The molecular weight excluding hydrogens is 288 g/mol. The van der Waals surface area contributed by atoms with Crippen LogP contribution in [0.3, 0.4) is 0 Å². The lowest BCUT2D eigenvalue weighted by Crippen LogP contribution is -2.25. The van der Waals surface area contributed by atoms with E-state index in [1.54, 1.807) is 18.2 Å². The van der Waals surface area contributed by atoms with Crippen LogP contribution in [-0.4, -0.2) is 21.7 Å². The van der Waals surface area contributed by atoms with Crippen molar-refractivity contribution >= 4 is 21.4 Å². The summed E-state index contributed by atoms with van der Waals surface area (Å²) in [6, 6.07) is 14.5. The van der Waals surface area contributed by atoms with Gasteiger partial charge in [0.05, 0.1) is 11.9 Å². The van der Waals surface area contributed by atoms with E-state index in [0.29, 0.717) is 23.7 Å². The van der Waals surface area contributed by atoms with Gasteiger partial charge in [0, 0.05) is 18.8 Å².